The molecule has 23 heavy (non-hydrogen) atoms. The van der Waals surface area contributed by atoms with Crippen molar-refractivity contribution >= 4 is 16.9 Å². The van der Waals surface area contributed by atoms with Crippen LogP contribution >= 0.6 is 0 Å². The Morgan fingerprint density at radius 3 is 2.96 bits per heavy atom. The van der Waals surface area contributed by atoms with E-state index in [0.717, 1.165) is 12.8 Å². The molecule has 1 heterocycles. The van der Waals surface area contributed by atoms with E-state index in [-0.39, 0.29) is 23.7 Å². The first kappa shape index (κ1) is 16.0. The summed E-state index contributed by atoms with van der Waals surface area (Å²) < 4.78 is 24.1. The number of carbonyl (C=O) groups excluding carboxylic acids is 1. The second-order valence-corrected chi connectivity index (χ2v) is 5.97. The molecule has 0 saturated heterocycles. The number of furan rings is 1. The lowest BCUT2D eigenvalue weighted by atomic mass is 9.90. The molecule has 1 amide bonds. The highest BCUT2D eigenvalue weighted by Gasteiger charge is 2.33. The normalized spacial score (nSPS) is 24.8. The van der Waals surface area contributed by atoms with Gasteiger partial charge in [-0.15, -0.1) is 0 Å². The van der Waals surface area contributed by atoms with E-state index >= 15 is 0 Å². The van der Waals surface area contributed by atoms with Gasteiger partial charge in [0.1, 0.15) is 17.5 Å². The van der Waals surface area contributed by atoms with E-state index in [1.165, 1.54) is 18.2 Å². The molecule has 0 aliphatic heterocycles. The number of fused-ring (bicyclic) bond motifs is 1. The van der Waals surface area contributed by atoms with Crippen LogP contribution in [-0.2, 0) is 4.74 Å². The van der Waals surface area contributed by atoms with Gasteiger partial charge in [-0.05, 0) is 44.4 Å². The van der Waals surface area contributed by atoms with Gasteiger partial charge in [-0.1, -0.05) is 0 Å². The van der Waals surface area contributed by atoms with Gasteiger partial charge in [-0.25, -0.2) is 4.39 Å². The molecule has 3 atom stereocenters. The van der Waals surface area contributed by atoms with E-state index in [4.69, 9.17) is 9.15 Å². The molecule has 0 radical (unpaired) electrons. The average Bonchev–Trinajstić information content (AvgIpc) is 2.86. The molecule has 1 fully saturated rings. The maximum absolute atomic E-state index is 13.3. The first-order valence-corrected chi connectivity index (χ1v) is 7.71. The van der Waals surface area contributed by atoms with Gasteiger partial charge in [0, 0.05) is 18.1 Å². The van der Waals surface area contributed by atoms with Gasteiger partial charge in [0.2, 0.25) is 0 Å². The van der Waals surface area contributed by atoms with Gasteiger partial charge in [0.25, 0.3) is 5.91 Å². The standard InChI is InChI=1S/C17H20FNO4/c1-9-11-8-10(18)6-7-13(11)23-16(9)17(21)19-12-4-3-5-14(22-2)15(12)20/h6-8,12,14-15,20H,3-5H2,1-2H3,(H,19,21)/t12-,14-,15-/m1/s1. The molecule has 124 valence electrons. The van der Waals surface area contributed by atoms with Gasteiger partial charge < -0.3 is 19.6 Å². The monoisotopic (exact) mass is 321 g/mol. The molecule has 0 bridgehead atoms. The third kappa shape index (κ3) is 2.96. The van der Waals surface area contributed by atoms with Crippen molar-refractivity contribution in [1.82, 2.24) is 5.32 Å². The number of nitrogens with one attached hydrogen (secondary N) is 1. The molecule has 6 heteroatoms. The summed E-state index contributed by atoms with van der Waals surface area (Å²) in [5, 5.41) is 13.6. The van der Waals surface area contributed by atoms with E-state index in [1.54, 1.807) is 14.0 Å². The lowest BCUT2D eigenvalue weighted by molar-refractivity contribution is -0.0514. The minimum absolute atomic E-state index is 0.150. The number of benzene rings is 1. The zero-order valence-corrected chi connectivity index (χ0v) is 13.1. The van der Waals surface area contributed by atoms with Crippen molar-refractivity contribution in [3.63, 3.8) is 0 Å². The summed E-state index contributed by atoms with van der Waals surface area (Å²) in [7, 11) is 1.55. The maximum Gasteiger partial charge on any atom is 0.287 e. The Balaban J connectivity index is 1.82. The highest BCUT2D eigenvalue weighted by atomic mass is 19.1. The van der Waals surface area contributed by atoms with Crippen molar-refractivity contribution in [2.75, 3.05) is 7.11 Å². The number of methoxy groups -OCH3 is 1. The summed E-state index contributed by atoms with van der Waals surface area (Å²) in [6.07, 6.45) is 1.29. The fourth-order valence-electron chi connectivity index (χ4n) is 3.20. The number of halogens is 1. The Kier molecular flexibility index (Phi) is 4.37. The van der Waals surface area contributed by atoms with Crippen molar-refractivity contribution in [2.24, 2.45) is 0 Å². The highest BCUT2D eigenvalue weighted by molar-refractivity contribution is 5.99. The molecule has 0 spiro atoms. The lowest BCUT2D eigenvalue weighted by Gasteiger charge is -2.34. The highest BCUT2D eigenvalue weighted by Crippen LogP contribution is 2.27. The number of amides is 1. The number of aliphatic hydroxyl groups is 1. The van der Waals surface area contributed by atoms with Crippen LogP contribution in [-0.4, -0.2) is 36.4 Å². The van der Waals surface area contributed by atoms with Gasteiger partial charge >= 0.3 is 0 Å². The number of aliphatic hydroxyl groups excluding tert-OH is 1. The molecule has 1 aromatic carbocycles. The van der Waals surface area contributed by atoms with E-state index < -0.39 is 12.0 Å². The van der Waals surface area contributed by atoms with Crippen LogP contribution in [0.3, 0.4) is 0 Å². The van der Waals surface area contributed by atoms with Crippen LogP contribution in [0.15, 0.2) is 22.6 Å². The van der Waals surface area contributed by atoms with Crippen molar-refractivity contribution in [2.45, 2.75) is 44.4 Å². The fourth-order valence-corrected chi connectivity index (χ4v) is 3.20. The van der Waals surface area contributed by atoms with E-state index in [9.17, 15) is 14.3 Å². The summed E-state index contributed by atoms with van der Waals surface area (Å²) in [5.41, 5.74) is 1.05. The summed E-state index contributed by atoms with van der Waals surface area (Å²) in [4.78, 5) is 12.5. The van der Waals surface area contributed by atoms with Gasteiger partial charge in [-0.3, -0.25) is 4.79 Å². The van der Waals surface area contributed by atoms with Crippen molar-refractivity contribution < 1.29 is 23.4 Å². The molecule has 1 aliphatic carbocycles. The minimum atomic E-state index is -0.750. The molecular formula is C17H20FNO4. The van der Waals surface area contributed by atoms with Gasteiger partial charge in [0.15, 0.2) is 5.76 Å². The fraction of sp³-hybridized carbons (Fsp3) is 0.471. The summed E-state index contributed by atoms with van der Waals surface area (Å²) >= 11 is 0. The minimum Gasteiger partial charge on any atom is -0.451 e. The number of hydrogen-bond donors (Lipinski definition) is 2. The molecule has 5 nitrogen and oxygen atoms in total. The Bertz CT molecular complexity index is 727. The first-order chi connectivity index (χ1) is 11.0. The zero-order chi connectivity index (χ0) is 16.6. The van der Waals surface area contributed by atoms with Crippen LogP contribution < -0.4 is 5.32 Å². The van der Waals surface area contributed by atoms with Crippen LogP contribution in [0.2, 0.25) is 0 Å². The number of carbonyl (C=O) groups is 1. The smallest absolute Gasteiger partial charge is 0.287 e. The Labute approximate surface area is 133 Å². The summed E-state index contributed by atoms with van der Waals surface area (Å²) in [6.45, 7) is 1.72. The summed E-state index contributed by atoms with van der Waals surface area (Å²) in [5.74, 6) is -0.628. The van der Waals surface area contributed by atoms with Gasteiger partial charge in [-0.2, -0.15) is 0 Å². The van der Waals surface area contributed by atoms with Crippen LogP contribution in [0.5, 0.6) is 0 Å². The predicted octanol–water partition coefficient (Wildman–Crippen LogP) is 2.54. The van der Waals surface area contributed by atoms with Crippen LogP contribution in [0.1, 0.15) is 35.4 Å². The molecule has 1 aliphatic rings. The maximum atomic E-state index is 13.3. The molecule has 1 aromatic heterocycles. The van der Waals surface area contributed by atoms with Crippen LogP contribution in [0, 0.1) is 12.7 Å². The molecular weight excluding hydrogens is 301 g/mol. The number of hydrogen-bond acceptors (Lipinski definition) is 4. The van der Waals surface area contributed by atoms with Crippen molar-refractivity contribution in [3.8, 4) is 0 Å². The molecule has 2 N–H and O–H groups in total. The number of ether oxygens (including phenoxy) is 1. The lowest BCUT2D eigenvalue weighted by Crippen LogP contribution is -2.51. The second kappa shape index (κ2) is 6.29. The molecule has 2 aromatic rings. The quantitative estimate of drug-likeness (QED) is 0.911. The zero-order valence-electron chi connectivity index (χ0n) is 13.1. The SMILES string of the molecule is CO[C@@H]1CCC[C@@H](NC(=O)c2oc3ccc(F)cc3c2C)[C@H]1O. The Hall–Kier alpha value is -1.92. The van der Waals surface area contributed by atoms with E-state index in [0.29, 0.717) is 23.0 Å². The molecule has 3 rings (SSSR count). The summed E-state index contributed by atoms with van der Waals surface area (Å²) in [6, 6.07) is 3.76. The Morgan fingerprint density at radius 2 is 2.22 bits per heavy atom. The Morgan fingerprint density at radius 1 is 1.43 bits per heavy atom. The number of rotatable bonds is 3. The van der Waals surface area contributed by atoms with Crippen molar-refractivity contribution in [1.29, 1.82) is 0 Å². The number of aryl methyl sites for hydroxylation is 1. The largest absolute Gasteiger partial charge is 0.451 e. The van der Waals surface area contributed by atoms with Crippen LogP contribution in [0.4, 0.5) is 4.39 Å². The first-order valence-electron chi connectivity index (χ1n) is 7.71. The molecule has 1 saturated carbocycles. The van der Waals surface area contributed by atoms with E-state index in [1.807, 2.05) is 0 Å². The third-order valence-electron chi connectivity index (χ3n) is 4.52. The van der Waals surface area contributed by atoms with Gasteiger partial charge in [0.05, 0.1) is 12.1 Å². The van der Waals surface area contributed by atoms with Crippen LogP contribution in [0.25, 0.3) is 11.0 Å². The molecule has 0 unspecified atom stereocenters. The van der Waals surface area contributed by atoms with E-state index in [2.05, 4.69) is 5.32 Å². The predicted molar refractivity (Wildman–Crippen MR) is 82.8 cm³/mol. The van der Waals surface area contributed by atoms with Crippen molar-refractivity contribution in [3.05, 3.63) is 35.3 Å². The third-order valence-corrected chi connectivity index (χ3v) is 4.52. The topological polar surface area (TPSA) is 71.7 Å². The second-order valence-electron chi connectivity index (χ2n) is 5.97. The average molecular weight is 321 g/mol.